The zero-order valence-corrected chi connectivity index (χ0v) is 14.5. The molecular weight excluding hydrogens is 290 g/mol. The first-order valence-electron chi connectivity index (χ1n) is 7.70. The number of carbonyl (C=O) groups excluding carboxylic acids is 1. The van der Waals surface area contributed by atoms with Crippen LogP contribution in [0.4, 0.5) is 0 Å². The van der Waals surface area contributed by atoms with E-state index in [2.05, 4.69) is 31.0 Å². The van der Waals surface area contributed by atoms with E-state index in [1.54, 1.807) is 19.1 Å². The molecule has 1 amide bonds. The van der Waals surface area contributed by atoms with Crippen LogP contribution in [0.2, 0.25) is 0 Å². The second kappa shape index (κ2) is 6.96. The second-order valence-electron chi connectivity index (χ2n) is 6.75. The molecule has 1 N–H and O–H groups in total. The molecule has 124 valence electrons. The van der Waals surface area contributed by atoms with Gasteiger partial charge in [0.25, 0.3) is 5.91 Å². The molecule has 1 aromatic carbocycles. The third-order valence-corrected chi connectivity index (χ3v) is 3.75. The monoisotopic (exact) mass is 315 g/mol. The highest BCUT2D eigenvalue weighted by Gasteiger charge is 2.24. The number of aromatic nitrogens is 2. The number of carbonyl (C=O) groups is 1. The third kappa shape index (κ3) is 4.20. The van der Waals surface area contributed by atoms with E-state index in [1.807, 2.05) is 36.4 Å². The van der Waals surface area contributed by atoms with Crippen molar-refractivity contribution >= 4 is 5.91 Å². The topological polar surface area (TPSA) is 58.2 Å². The van der Waals surface area contributed by atoms with E-state index in [4.69, 9.17) is 4.74 Å². The Morgan fingerprint density at radius 1 is 1.30 bits per heavy atom. The number of likely N-dealkylation sites (N-methyl/N-ethyl adjacent to an activating group) is 1. The van der Waals surface area contributed by atoms with Crippen molar-refractivity contribution in [3.8, 4) is 0 Å². The van der Waals surface area contributed by atoms with E-state index in [1.165, 1.54) is 0 Å². The predicted octanol–water partition coefficient (Wildman–Crippen LogP) is 3.05. The Kier molecular flexibility index (Phi) is 5.21. The van der Waals surface area contributed by atoms with Crippen LogP contribution in [0.5, 0.6) is 0 Å². The standard InChI is InChI=1S/C18H25N3O2/c1-18(2,3)15-11-14(19-20-15)12-21(4)17(22)16(23-5)13-9-7-6-8-10-13/h6-11,16H,12H2,1-5H3,(H,19,20)/t16-/m0/s1. The molecule has 0 saturated carbocycles. The molecule has 23 heavy (non-hydrogen) atoms. The number of amides is 1. The molecule has 0 unspecified atom stereocenters. The summed E-state index contributed by atoms with van der Waals surface area (Å²) < 4.78 is 5.40. The van der Waals surface area contributed by atoms with E-state index >= 15 is 0 Å². The summed E-state index contributed by atoms with van der Waals surface area (Å²) in [5.41, 5.74) is 2.73. The fraction of sp³-hybridized carbons (Fsp3) is 0.444. The molecule has 0 saturated heterocycles. The number of ether oxygens (including phenoxy) is 1. The van der Waals surface area contributed by atoms with Gasteiger partial charge in [0.05, 0.1) is 17.9 Å². The van der Waals surface area contributed by atoms with Crippen LogP contribution in [0.3, 0.4) is 0 Å². The Hall–Kier alpha value is -2.14. The molecule has 1 atom stereocenters. The van der Waals surface area contributed by atoms with Gasteiger partial charge in [-0.3, -0.25) is 9.89 Å². The van der Waals surface area contributed by atoms with Crippen LogP contribution < -0.4 is 0 Å². The lowest BCUT2D eigenvalue weighted by atomic mass is 9.92. The molecule has 5 nitrogen and oxygen atoms in total. The van der Waals surface area contributed by atoms with Crippen LogP contribution in [0.1, 0.15) is 43.8 Å². The first-order chi connectivity index (χ1) is 10.8. The van der Waals surface area contributed by atoms with Crippen molar-refractivity contribution in [3.05, 3.63) is 53.3 Å². The summed E-state index contributed by atoms with van der Waals surface area (Å²) in [7, 11) is 3.33. The van der Waals surface area contributed by atoms with Gasteiger partial charge < -0.3 is 9.64 Å². The van der Waals surface area contributed by atoms with E-state index < -0.39 is 6.10 Å². The van der Waals surface area contributed by atoms with E-state index in [9.17, 15) is 4.79 Å². The lowest BCUT2D eigenvalue weighted by Gasteiger charge is -2.22. The number of nitrogens with zero attached hydrogens (tertiary/aromatic N) is 2. The van der Waals surface area contributed by atoms with E-state index in [0.717, 1.165) is 17.0 Å². The smallest absolute Gasteiger partial charge is 0.256 e. The number of aromatic amines is 1. The van der Waals surface area contributed by atoms with Gasteiger partial charge in [0.15, 0.2) is 6.10 Å². The zero-order valence-electron chi connectivity index (χ0n) is 14.5. The Morgan fingerprint density at radius 2 is 1.96 bits per heavy atom. The lowest BCUT2D eigenvalue weighted by Crippen LogP contribution is -2.32. The SMILES string of the molecule is CO[C@H](C(=O)N(C)Cc1cc(C(C)(C)C)n[nH]1)c1ccccc1. The third-order valence-electron chi connectivity index (χ3n) is 3.75. The highest BCUT2D eigenvalue weighted by atomic mass is 16.5. The molecule has 5 heteroatoms. The predicted molar refractivity (Wildman–Crippen MR) is 90.0 cm³/mol. The molecule has 0 fully saturated rings. The number of H-pyrrole nitrogens is 1. The van der Waals surface area contributed by atoms with Gasteiger partial charge in [0, 0.05) is 19.6 Å². The summed E-state index contributed by atoms with van der Waals surface area (Å²) in [6.45, 7) is 6.79. The Morgan fingerprint density at radius 3 is 2.48 bits per heavy atom. The molecule has 0 radical (unpaired) electrons. The summed E-state index contributed by atoms with van der Waals surface area (Å²) in [5.74, 6) is -0.0781. The van der Waals surface area contributed by atoms with Crippen molar-refractivity contribution in [1.29, 1.82) is 0 Å². The van der Waals surface area contributed by atoms with E-state index in [0.29, 0.717) is 6.54 Å². The Labute approximate surface area is 137 Å². The Bertz CT molecular complexity index is 644. The normalized spacial score (nSPS) is 12.9. The van der Waals surface area contributed by atoms with Gasteiger partial charge in [-0.2, -0.15) is 5.10 Å². The van der Waals surface area contributed by atoms with Crippen LogP contribution in [-0.4, -0.2) is 35.2 Å². The molecule has 0 aliphatic heterocycles. The van der Waals surface area contributed by atoms with Crippen molar-refractivity contribution in [1.82, 2.24) is 15.1 Å². The van der Waals surface area contributed by atoms with Crippen molar-refractivity contribution in [2.45, 2.75) is 38.8 Å². The molecule has 1 heterocycles. The van der Waals surface area contributed by atoms with Gasteiger partial charge in [0.1, 0.15) is 0 Å². The molecule has 0 spiro atoms. The largest absolute Gasteiger partial charge is 0.367 e. The summed E-state index contributed by atoms with van der Waals surface area (Å²) in [6, 6.07) is 11.5. The first kappa shape index (κ1) is 17.2. The van der Waals surface area contributed by atoms with Crippen molar-refractivity contribution in [3.63, 3.8) is 0 Å². The van der Waals surface area contributed by atoms with Crippen LogP contribution in [0.15, 0.2) is 36.4 Å². The van der Waals surface area contributed by atoms with Gasteiger partial charge in [-0.15, -0.1) is 0 Å². The highest BCUT2D eigenvalue weighted by molar-refractivity contribution is 5.82. The van der Waals surface area contributed by atoms with Crippen LogP contribution in [0, 0.1) is 0 Å². The molecule has 0 bridgehead atoms. The number of rotatable bonds is 5. The number of methoxy groups -OCH3 is 1. The lowest BCUT2D eigenvalue weighted by molar-refractivity contribution is -0.141. The number of hydrogen-bond acceptors (Lipinski definition) is 3. The summed E-state index contributed by atoms with van der Waals surface area (Å²) in [4.78, 5) is 14.3. The molecule has 1 aromatic heterocycles. The summed E-state index contributed by atoms with van der Waals surface area (Å²) in [6.07, 6.45) is -0.591. The maximum absolute atomic E-state index is 12.6. The molecule has 2 aromatic rings. The van der Waals surface area contributed by atoms with Crippen molar-refractivity contribution in [2.75, 3.05) is 14.2 Å². The summed E-state index contributed by atoms with van der Waals surface area (Å²) >= 11 is 0. The van der Waals surface area contributed by atoms with Gasteiger partial charge in [0.2, 0.25) is 0 Å². The number of benzene rings is 1. The number of nitrogens with one attached hydrogen (secondary N) is 1. The van der Waals surface area contributed by atoms with Gasteiger partial charge in [-0.25, -0.2) is 0 Å². The Balaban J connectivity index is 2.09. The molecule has 2 rings (SSSR count). The maximum Gasteiger partial charge on any atom is 0.256 e. The highest BCUT2D eigenvalue weighted by Crippen LogP contribution is 2.22. The maximum atomic E-state index is 12.6. The van der Waals surface area contributed by atoms with Crippen LogP contribution >= 0.6 is 0 Å². The van der Waals surface area contributed by atoms with Gasteiger partial charge in [-0.1, -0.05) is 51.1 Å². The first-order valence-corrected chi connectivity index (χ1v) is 7.70. The average molecular weight is 315 g/mol. The minimum Gasteiger partial charge on any atom is -0.367 e. The van der Waals surface area contributed by atoms with Gasteiger partial charge in [-0.05, 0) is 11.6 Å². The average Bonchev–Trinajstić information content (AvgIpc) is 2.97. The minimum absolute atomic E-state index is 0.0174. The zero-order chi connectivity index (χ0) is 17.0. The fourth-order valence-electron chi connectivity index (χ4n) is 2.37. The minimum atomic E-state index is -0.591. The van der Waals surface area contributed by atoms with Gasteiger partial charge >= 0.3 is 0 Å². The summed E-state index contributed by atoms with van der Waals surface area (Å²) in [5, 5.41) is 7.34. The number of hydrogen-bond donors (Lipinski definition) is 1. The molecule has 0 aliphatic carbocycles. The van der Waals surface area contributed by atoms with E-state index in [-0.39, 0.29) is 11.3 Å². The van der Waals surface area contributed by atoms with Crippen molar-refractivity contribution in [2.24, 2.45) is 0 Å². The van der Waals surface area contributed by atoms with Crippen molar-refractivity contribution < 1.29 is 9.53 Å². The van der Waals surface area contributed by atoms with Crippen LogP contribution in [0.25, 0.3) is 0 Å². The molecular formula is C18H25N3O2. The quantitative estimate of drug-likeness (QED) is 0.922. The second-order valence-corrected chi connectivity index (χ2v) is 6.75. The van der Waals surface area contributed by atoms with Crippen LogP contribution in [-0.2, 0) is 21.5 Å². The molecule has 0 aliphatic rings. The fourth-order valence-corrected chi connectivity index (χ4v) is 2.37.